The van der Waals surface area contributed by atoms with Crippen LogP contribution in [0, 0.1) is 0 Å². The normalized spacial score (nSPS) is 13.7. The van der Waals surface area contributed by atoms with E-state index < -0.39 is 17.4 Å². The lowest BCUT2D eigenvalue weighted by Crippen LogP contribution is -2.55. The Morgan fingerprint density at radius 3 is 2.78 bits per heavy atom. The number of methoxy groups -OCH3 is 1. The van der Waals surface area contributed by atoms with Crippen LogP contribution in [-0.4, -0.2) is 41.2 Å². The Kier molecular flexibility index (Phi) is 4.80. The number of halogens is 1. The van der Waals surface area contributed by atoms with Gasteiger partial charge in [0.25, 0.3) is 5.91 Å². The average Bonchev–Trinajstić information content (AvgIpc) is 2.29. The Bertz CT molecular complexity index is 466. The zero-order valence-electron chi connectivity index (χ0n) is 9.94. The molecule has 98 valence electrons. The lowest BCUT2D eigenvalue weighted by Gasteiger charge is -2.25. The zero-order chi connectivity index (χ0) is 13.8. The third-order valence-corrected chi connectivity index (χ3v) is 2.94. The zero-order valence-corrected chi connectivity index (χ0v) is 11.5. The highest BCUT2D eigenvalue weighted by molar-refractivity contribution is 9.10. The number of aromatic nitrogens is 1. The summed E-state index contributed by atoms with van der Waals surface area (Å²) in [5.41, 5.74) is -1.16. The number of nitrogens with zero attached hydrogens (tertiary/aromatic N) is 1. The molecule has 0 aliphatic carbocycles. The predicted molar refractivity (Wildman–Crippen MR) is 67.3 cm³/mol. The molecule has 1 unspecified atom stereocenters. The first-order chi connectivity index (χ1) is 8.40. The molecule has 0 radical (unpaired) electrons. The number of amides is 1. The van der Waals surface area contributed by atoms with Gasteiger partial charge in [-0.2, -0.15) is 0 Å². The highest BCUT2D eigenvalue weighted by Crippen LogP contribution is 2.15. The molecule has 1 aromatic rings. The van der Waals surface area contributed by atoms with Crippen LogP contribution >= 0.6 is 15.9 Å². The Balaban J connectivity index is 2.93. The summed E-state index contributed by atoms with van der Waals surface area (Å²) in [6, 6.07) is 1.49. The van der Waals surface area contributed by atoms with Gasteiger partial charge >= 0.3 is 5.97 Å². The number of pyridine rings is 1. The average molecular weight is 317 g/mol. The standard InChI is InChI=1S/C11H13BrN2O4/c1-11(6-18-2,10(16)17)14-9(15)7-3-4-13-5-8(7)12/h3-5H,6H2,1-2H3,(H,14,15)(H,16,17). The van der Waals surface area contributed by atoms with Crippen molar-refractivity contribution in [3.8, 4) is 0 Å². The molecule has 1 rings (SSSR count). The molecule has 0 aliphatic rings. The maximum atomic E-state index is 12.0. The van der Waals surface area contributed by atoms with Crippen LogP contribution in [0.3, 0.4) is 0 Å². The number of carboxylic acids is 1. The van der Waals surface area contributed by atoms with Crippen molar-refractivity contribution in [2.75, 3.05) is 13.7 Å². The highest BCUT2D eigenvalue weighted by atomic mass is 79.9. The van der Waals surface area contributed by atoms with Crippen molar-refractivity contribution in [1.29, 1.82) is 0 Å². The van der Waals surface area contributed by atoms with Crippen molar-refractivity contribution >= 4 is 27.8 Å². The molecule has 0 bridgehead atoms. The van der Waals surface area contributed by atoms with E-state index in [1.165, 1.54) is 32.5 Å². The number of hydrogen-bond donors (Lipinski definition) is 2. The highest BCUT2D eigenvalue weighted by Gasteiger charge is 2.35. The van der Waals surface area contributed by atoms with E-state index in [9.17, 15) is 9.59 Å². The molecular formula is C11H13BrN2O4. The van der Waals surface area contributed by atoms with Gasteiger partial charge in [-0.05, 0) is 28.9 Å². The maximum Gasteiger partial charge on any atom is 0.331 e. The van der Waals surface area contributed by atoms with Crippen LogP contribution in [-0.2, 0) is 9.53 Å². The smallest absolute Gasteiger partial charge is 0.331 e. The summed E-state index contributed by atoms with van der Waals surface area (Å²) in [4.78, 5) is 26.9. The monoisotopic (exact) mass is 316 g/mol. The van der Waals surface area contributed by atoms with Gasteiger partial charge in [-0.15, -0.1) is 0 Å². The molecule has 0 spiro atoms. The van der Waals surface area contributed by atoms with Crippen LogP contribution in [0.15, 0.2) is 22.9 Å². The van der Waals surface area contributed by atoms with Gasteiger partial charge in [-0.1, -0.05) is 0 Å². The summed E-state index contributed by atoms with van der Waals surface area (Å²) in [6.45, 7) is 1.25. The number of carboxylic acid groups (broad SMARTS) is 1. The summed E-state index contributed by atoms with van der Waals surface area (Å²) in [5.74, 6) is -1.67. The summed E-state index contributed by atoms with van der Waals surface area (Å²) in [6.07, 6.45) is 2.91. The molecule has 1 atom stereocenters. The second-order valence-electron chi connectivity index (χ2n) is 3.88. The third-order valence-electron chi connectivity index (χ3n) is 2.31. The molecule has 0 saturated carbocycles. The van der Waals surface area contributed by atoms with E-state index in [4.69, 9.17) is 9.84 Å². The van der Waals surface area contributed by atoms with Crippen molar-refractivity contribution in [3.05, 3.63) is 28.5 Å². The predicted octanol–water partition coefficient (Wildman–Crippen LogP) is 1.06. The molecule has 1 amide bonds. The van der Waals surface area contributed by atoms with Crippen LogP contribution in [0.2, 0.25) is 0 Å². The molecule has 6 nitrogen and oxygen atoms in total. The number of carbonyl (C=O) groups is 2. The Labute approximate surface area is 112 Å². The molecule has 0 fully saturated rings. The summed E-state index contributed by atoms with van der Waals surface area (Å²) in [7, 11) is 1.37. The number of carbonyl (C=O) groups excluding carboxylic acids is 1. The SMILES string of the molecule is COCC(C)(NC(=O)c1ccncc1Br)C(=O)O. The van der Waals surface area contributed by atoms with E-state index in [1.807, 2.05) is 0 Å². The molecule has 1 aromatic heterocycles. The van der Waals surface area contributed by atoms with Crippen molar-refractivity contribution in [2.45, 2.75) is 12.5 Å². The van der Waals surface area contributed by atoms with Gasteiger partial charge in [-0.3, -0.25) is 9.78 Å². The minimum Gasteiger partial charge on any atom is -0.479 e. The van der Waals surface area contributed by atoms with E-state index in [0.717, 1.165) is 0 Å². The van der Waals surface area contributed by atoms with E-state index in [0.29, 0.717) is 10.0 Å². The summed E-state index contributed by atoms with van der Waals surface area (Å²) in [5, 5.41) is 11.5. The second-order valence-corrected chi connectivity index (χ2v) is 4.73. The lowest BCUT2D eigenvalue weighted by atomic mass is 10.0. The number of aliphatic carboxylic acids is 1. The number of nitrogens with one attached hydrogen (secondary N) is 1. The molecule has 0 saturated heterocycles. The molecule has 7 heteroatoms. The van der Waals surface area contributed by atoms with Crippen LogP contribution in [0.25, 0.3) is 0 Å². The fraction of sp³-hybridized carbons (Fsp3) is 0.364. The van der Waals surface area contributed by atoms with Crippen molar-refractivity contribution < 1.29 is 19.4 Å². The van der Waals surface area contributed by atoms with Crippen molar-refractivity contribution in [2.24, 2.45) is 0 Å². The molecule has 0 aromatic carbocycles. The molecule has 0 aliphatic heterocycles. The number of hydrogen-bond acceptors (Lipinski definition) is 4. The lowest BCUT2D eigenvalue weighted by molar-refractivity contribution is -0.145. The summed E-state index contributed by atoms with van der Waals surface area (Å²) >= 11 is 3.18. The fourth-order valence-corrected chi connectivity index (χ4v) is 1.75. The van der Waals surface area contributed by atoms with Crippen LogP contribution in [0.1, 0.15) is 17.3 Å². The van der Waals surface area contributed by atoms with Gasteiger partial charge < -0.3 is 15.2 Å². The van der Waals surface area contributed by atoms with E-state index in [1.54, 1.807) is 0 Å². The van der Waals surface area contributed by atoms with Gasteiger partial charge in [-0.25, -0.2) is 4.79 Å². The van der Waals surface area contributed by atoms with Gasteiger partial charge in [0.1, 0.15) is 0 Å². The summed E-state index contributed by atoms with van der Waals surface area (Å²) < 4.78 is 5.31. The molecule has 2 N–H and O–H groups in total. The van der Waals surface area contributed by atoms with Gasteiger partial charge in [0.05, 0.1) is 12.2 Å². The van der Waals surface area contributed by atoms with E-state index >= 15 is 0 Å². The topological polar surface area (TPSA) is 88.5 Å². The van der Waals surface area contributed by atoms with Crippen LogP contribution in [0.4, 0.5) is 0 Å². The molecule has 18 heavy (non-hydrogen) atoms. The number of rotatable bonds is 5. The van der Waals surface area contributed by atoms with Gasteiger partial charge in [0.15, 0.2) is 5.54 Å². The Morgan fingerprint density at radius 2 is 2.28 bits per heavy atom. The minimum atomic E-state index is -1.48. The largest absolute Gasteiger partial charge is 0.479 e. The Hall–Kier alpha value is -1.47. The molecule has 1 heterocycles. The number of ether oxygens (including phenoxy) is 1. The molecular weight excluding hydrogens is 304 g/mol. The Morgan fingerprint density at radius 1 is 1.61 bits per heavy atom. The van der Waals surface area contributed by atoms with Gasteiger partial charge in [0, 0.05) is 24.0 Å². The van der Waals surface area contributed by atoms with Gasteiger partial charge in [0.2, 0.25) is 0 Å². The van der Waals surface area contributed by atoms with Crippen LogP contribution in [0.5, 0.6) is 0 Å². The quantitative estimate of drug-likeness (QED) is 0.848. The first-order valence-electron chi connectivity index (χ1n) is 5.05. The van der Waals surface area contributed by atoms with Crippen LogP contribution < -0.4 is 5.32 Å². The second kappa shape index (κ2) is 5.92. The van der Waals surface area contributed by atoms with E-state index in [2.05, 4.69) is 26.2 Å². The first kappa shape index (κ1) is 14.6. The third kappa shape index (κ3) is 3.27. The first-order valence-corrected chi connectivity index (χ1v) is 5.84. The minimum absolute atomic E-state index is 0.128. The fourth-order valence-electron chi connectivity index (χ4n) is 1.32. The van der Waals surface area contributed by atoms with Crippen molar-refractivity contribution in [3.63, 3.8) is 0 Å². The van der Waals surface area contributed by atoms with Crippen molar-refractivity contribution in [1.82, 2.24) is 10.3 Å². The van der Waals surface area contributed by atoms with E-state index in [-0.39, 0.29) is 6.61 Å². The maximum absolute atomic E-state index is 12.0.